The first-order valence-electron chi connectivity index (χ1n) is 5.78. The summed E-state index contributed by atoms with van der Waals surface area (Å²) in [6.07, 6.45) is 5.83. The molecule has 1 rings (SSSR count). The van der Waals surface area contributed by atoms with E-state index in [9.17, 15) is 4.79 Å². The lowest BCUT2D eigenvalue weighted by Crippen LogP contribution is -2.49. The zero-order valence-corrected chi connectivity index (χ0v) is 9.17. The van der Waals surface area contributed by atoms with Gasteiger partial charge in [0.1, 0.15) is 6.29 Å². The Morgan fingerprint density at radius 3 is 2.64 bits per heavy atom. The zero-order chi connectivity index (χ0) is 10.2. The van der Waals surface area contributed by atoms with Crippen LogP contribution in [0.2, 0.25) is 0 Å². The maximum absolute atomic E-state index is 10.9. The normalized spacial score (nSPS) is 20.6. The third-order valence-electron chi connectivity index (χ3n) is 2.88. The SMILES string of the molecule is CCCCCC(C=O)N1CCNCC1. The molecule has 0 aromatic carbocycles. The molecule has 0 bridgehead atoms. The van der Waals surface area contributed by atoms with Gasteiger partial charge < -0.3 is 10.1 Å². The van der Waals surface area contributed by atoms with Crippen LogP contribution in [0.5, 0.6) is 0 Å². The minimum atomic E-state index is 0.170. The Bertz CT molecular complexity index is 155. The van der Waals surface area contributed by atoms with Crippen LogP contribution in [0.3, 0.4) is 0 Å². The van der Waals surface area contributed by atoms with Crippen molar-refractivity contribution in [1.82, 2.24) is 10.2 Å². The van der Waals surface area contributed by atoms with Gasteiger partial charge in [0, 0.05) is 26.2 Å². The first-order valence-corrected chi connectivity index (χ1v) is 5.78. The number of carbonyl (C=O) groups excluding carboxylic acids is 1. The van der Waals surface area contributed by atoms with E-state index in [1.165, 1.54) is 19.3 Å². The predicted molar refractivity (Wildman–Crippen MR) is 58.4 cm³/mol. The molecule has 82 valence electrons. The summed E-state index contributed by atoms with van der Waals surface area (Å²) in [4.78, 5) is 13.2. The molecule has 0 aromatic heterocycles. The van der Waals surface area contributed by atoms with Crippen LogP contribution in [0.4, 0.5) is 0 Å². The van der Waals surface area contributed by atoms with Gasteiger partial charge in [0.05, 0.1) is 6.04 Å². The van der Waals surface area contributed by atoms with Crippen molar-refractivity contribution in [1.29, 1.82) is 0 Å². The molecule has 0 aliphatic carbocycles. The molecule has 0 saturated carbocycles. The summed E-state index contributed by atoms with van der Waals surface area (Å²) in [6.45, 7) is 6.29. The number of piperazine rings is 1. The number of rotatable bonds is 6. The quantitative estimate of drug-likeness (QED) is 0.511. The Labute approximate surface area is 86.9 Å². The number of nitrogens with zero attached hydrogens (tertiary/aromatic N) is 1. The Balaban J connectivity index is 2.24. The lowest BCUT2D eigenvalue weighted by molar-refractivity contribution is -0.112. The number of aldehydes is 1. The van der Waals surface area contributed by atoms with Crippen molar-refractivity contribution in [2.45, 2.75) is 38.6 Å². The van der Waals surface area contributed by atoms with E-state index in [1.807, 2.05) is 0 Å². The predicted octanol–water partition coefficient (Wildman–Crippen LogP) is 1.04. The highest BCUT2D eigenvalue weighted by atomic mass is 16.1. The third-order valence-corrected chi connectivity index (χ3v) is 2.88. The molecule has 3 nitrogen and oxygen atoms in total. The molecule has 0 spiro atoms. The van der Waals surface area contributed by atoms with E-state index < -0.39 is 0 Å². The molecule has 1 saturated heterocycles. The summed E-state index contributed by atoms with van der Waals surface area (Å²) in [5.74, 6) is 0. The maximum atomic E-state index is 10.9. The van der Waals surface area contributed by atoms with Crippen molar-refractivity contribution in [3.05, 3.63) is 0 Å². The van der Waals surface area contributed by atoms with E-state index in [2.05, 4.69) is 17.1 Å². The summed E-state index contributed by atoms with van der Waals surface area (Å²) >= 11 is 0. The highest BCUT2D eigenvalue weighted by Crippen LogP contribution is 2.09. The van der Waals surface area contributed by atoms with Crippen LogP contribution in [0.15, 0.2) is 0 Å². The number of hydrogen-bond acceptors (Lipinski definition) is 3. The van der Waals surface area contributed by atoms with Crippen LogP contribution in [0.1, 0.15) is 32.6 Å². The number of unbranched alkanes of at least 4 members (excludes halogenated alkanes) is 2. The van der Waals surface area contributed by atoms with Gasteiger partial charge in [-0.1, -0.05) is 26.2 Å². The average Bonchev–Trinajstić information content (AvgIpc) is 2.26. The van der Waals surface area contributed by atoms with E-state index >= 15 is 0 Å². The van der Waals surface area contributed by atoms with Gasteiger partial charge in [0.15, 0.2) is 0 Å². The molecule has 1 atom stereocenters. The van der Waals surface area contributed by atoms with Gasteiger partial charge in [0.2, 0.25) is 0 Å². The maximum Gasteiger partial charge on any atom is 0.137 e. The number of nitrogens with one attached hydrogen (secondary N) is 1. The van der Waals surface area contributed by atoms with Gasteiger partial charge in [-0.2, -0.15) is 0 Å². The lowest BCUT2D eigenvalue weighted by Gasteiger charge is -2.31. The van der Waals surface area contributed by atoms with E-state index in [0.717, 1.165) is 38.9 Å². The van der Waals surface area contributed by atoms with Crippen LogP contribution < -0.4 is 5.32 Å². The van der Waals surface area contributed by atoms with E-state index in [4.69, 9.17) is 0 Å². The van der Waals surface area contributed by atoms with E-state index in [1.54, 1.807) is 0 Å². The van der Waals surface area contributed by atoms with Crippen LogP contribution in [0, 0.1) is 0 Å². The van der Waals surface area contributed by atoms with Crippen LogP contribution in [-0.2, 0) is 4.79 Å². The molecular formula is C11H22N2O. The molecule has 0 aromatic rings. The molecule has 1 heterocycles. The fraction of sp³-hybridized carbons (Fsp3) is 0.909. The molecule has 1 aliphatic rings. The van der Waals surface area contributed by atoms with Crippen molar-refractivity contribution in [3.63, 3.8) is 0 Å². The van der Waals surface area contributed by atoms with Gasteiger partial charge >= 0.3 is 0 Å². The van der Waals surface area contributed by atoms with Gasteiger partial charge in [-0.25, -0.2) is 0 Å². The standard InChI is InChI=1S/C11H22N2O/c1-2-3-4-5-11(10-14)13-8-6-12-7-9-13/h10-12H,2-9H2,1H3. The van der Waals surface area contributed by atoms with Crippen LogP contribution in [-0.4, -0.2) is 43.4 Å². The lowest BCUT2D eigenvalue weighted by atomic mass is 10.1. The number of hydrogen-bond donors (Lipinski definition) is 1. The summed E-state index contributed by atoms with van der Waals surface area (Å²) in [5, 5.41) is 3.30. The molecule has 0 radical (unpaired) electrons. The van der Waals surface area contributed by atoms with Crippen molar-refractivity contribution in [2.24, 2.45) is 0 Å². The molecule has 14 heavy (non-hydrogen) atoms. The van der Waals surface area contributed by atoms with Crippen LogP contribution >= 0.6 is 0 Å². The Morgan fingerprint density at radius 1 is 1.36 bits per heavy atom. The van der Waals surface area contributed by atoms with Crippen molar-refractivity contribution in [3.8, 4) is 0 Å². The monoisotopic (exact) mass is 198 g/mol. The smallest absolute Gasteiger partial charge is 0.137 e. The Kier molecular flexibility index (Phi) is 5.80. The summed E-state index contributed by atoms with van der Waals surface area (Å²) < 4.78 is 0. The average molecular weight is 198 g/mol. The molecular weight excluding hydrogens is 176 g/mol. The molecule has 1 aliphatic heterocycles. The molecule has 1 N–H and O–H groups in total. The Hall–Kier alpha value is -0.410. The van der Waals surface area contributed by atoms with E-state index in [0.29, 0.717) is 0 Å². The first-order chi connectivity index (χ1) is 6.88. The Morgan fingerprint density at radius 2 is 2.07 bits per heavy atom. The molecule has 0 amide bonds. The van der Waals surface area contributed by atoms with Crippen molar-refractivity contribution in [2.75, 3.05) is 26.2 Å². The highest BCUT2D eigenvalue weighted by molar-refractivity contribution is 5.57. The minimum Gasteiger partial charge on any atom is -0.314 e. The second kappa shape index (κ2) is 6.96. The molecule has 1 unspecified atom stereocenters. The first kappa shape index (κ1) is 11.7. The summed E-state index contributed by atoms with van der Waals surface area (Å²) in [5.41, 5.74) is 0. The van der Waals surface area contributed by atoms with Gasteiger partial charge in [0.25, 0.3) is 0 Å². The van der Waals surface area contributed by atoms with Crippen LogP contribution in [0.25, 0.3) is 0 Å². The largest absolute Gasteiger partial charge is 0.314 e. The zero-order valence-electron chi connectivity index (χ0n) is 9.17. The van der Waals surface area contributed by atoms with Crippen molar-refractivity contribution >= 4 is 6.29 Å². The fourth-order valence-corrected chi connectivity index (χ4v) is 1.95. The van der Waals surface area contributed by atoms with E-state index in [-0.39, 0.29) is 6.04 Å². The second-order valence-corrected chi connectivity index (χ2v) is 3.99. The second-order valence-electron chi connectivity index (χ2n) is 3.99. The third kappa shape index (κ3) is 3.76. The fourth-order valence-electron chi connectivity index (χ4n) is 1.95. The minimum absolute atomic E-state index is 0.170. The van der Waals surface area contributed by atoms with Gasteiger partial charge in [-0.15, -0.1) is 0 Å². The molecule has 1 fully saturated rings. The molecule has 3 heteroatoms. The summed E-state index contributed by atoms with van der Waals surface area (Å²) in [7, 11) is 0. The van der Waals surface area contributed by atoms with Gasteiger partial charge in [-0.3, -0.25) is 4.90 Å². The highest BCUT2D eigenvalue weighted by Gasteiger charge is 2.18. The summed E-state index contributed by atoms with van der Waals surface area (Å²) in [6, 6.07) is 0.170. The topological polar surface area (TPSA) is 32.3 Å². The number of carbonyl (C=O) groups is 1. The van der Waals surface area contributed by atoms with Gasteiger partial charge in [-0.05, 0) is 6.42 Å². The van der Waals surface area contributed by atoms with Crippen molar-refractivity contribution < 1.29 is 4.79 Å².